The normalized spacial score (nSPS) is 9.75. The summed E-state index contributed by atoms with van der Waals surface area (Å²) < 4.78 is 0. The average molecular weight is 181 g/mol. The van der Waals surface area contributed by atoms with E-state index in [2.05, 4.69) is 4.98 Å². The SMILES string of the molecule is CSCc1cccnc1C(=N)N. The first kappa shape index (κ1) is 9.06. The van der Waals surface area contributed by atoms with Gasteiger partial charge in [-0.2, -0.15) is 11.8 Å². The number of hydrogen-bond acceptors (Lipinski definition) is 3. The summed E-state index contributed by atoms with van der Waals surface area (Å²) >= 11 is 1.69. The predicted octanol–water partition coefficient (Wildman–Crippen LogP) is 1.23. The van der Waals surface area contributed by atoms with Crippen LogP contribution in [-0.4, -0.2) is 17.1 Å². The molecule has 64 valence electrons. The highest BCUT2D eigenvalue weighted by Gasteiger charge is 2.04. The smallest absolute Gasteiger partial charge is 0.142 e. The van der Waals surface area contributed by atoms with Crippen LogP contribution in [0.2, 0.25) is 0 Å². The third-order valence-corrected chi connectivity index (χ3v) is 2.05. The molecule has 3 nitrogen and oxygen atoms in total. The van der Waals surface area contributed by atoms with Gasteiger partial charge in [0.15, 0.2) is 0 Å². The lowest BCUT2D eigenvalue weighted by Crippen LogP contribution is -2.15. The Morgan fingerprint density at radius 3 is 3.08 bits per heavy atom. The second-order valence-electron chi connectivity index (χ2n) is 2.36. The highest BCUT2D eigenvalue weighted by Crippen LogP contribution is 2.11. The molecule has 0 radical (unpaired) electrons. The molecule has 0 aliphatic carbocycles. The maximum Gasteiger partial charge on any atom is 0.142 e. The molecule has 1 aromatic heterocycles. The molecule has 0 aromatic carbocycles. The lowest BCUT2D eigenvalue weighted by Gasteiger charge is -2.03. The lowest BCUT2D eigenvalue weighted by atomic mass is 10.2. The zero-order valence-corrected chi connectivity index (χ0v) is 7.69. The van der Waals surface area contributed by atoms with Crippen molar-refractivity contribution < 1.29 is 0 Å². The summed E-state index contributed by atoms with van der Waals surface area (Å²) in [6, 6.07) is 3.80. The van der Waals surface area contributed by atoms with Gasteiger partial charge in [-0.25, -0.2) is 0 Å². The van der Waals surface area contributed by atoms with Crippen LogP contribution in [0.5, 0.6) is 0 Å². The van der Waals surface area contributed by atoms with Crippen LogP contribution >= 0.6 is 11.8 Å². The van der Waals surface area contributed by atoms with Gasteiger partial charge in [0.1, 0.15) is 11.5 Å². The van der Waals surface area contributed by atoms with Crippen molar-refractivity contribution in [2.24, 2.45) is 5.73 Å². The molecule has 0 amide bonds. The summed E-state index contributed by atoms with van der Waals surface area (Å²) in [5.41, 5.74) is 6.99. The van der Waals surface area contributed by atoms with Gasteiger partial charge in [0.05, 0.1) is 0 Å². The van der Waals surface area contributed by atoms with Crippen molar-refractivity contribution in [2.75, 3.05) is 6.26 Å². The Bertz CT molecular complexity index is 285. The minimum absolute atomic E-state index is 0.0413. The molecule has 4 heteroatoms. The van der Waals surface area contributed by atoms with E-state index in [-0.39, 0.29) is 5.84 Å². The largest absolute Gasteiger partial charge is 0.382 e. The third-order valence-electron chi connectivity index (χ3n) is 1.45. The van der Waals surface area contributed by atoms with E-state index in [1.165, 1.54) is 0 Å². The molecule has 3 N–H and O–H groups in total. The maximum atomic E-state index is 7.26. The number of pyridine rings is 1. The Kier molecular flexibility index (Phi) is 3.10. The van der Waals surface area contributed by atoms with Crippen molar-refractivity contribution in [3.05, 3.63) is 29.6 Å². The first-order chi connectivity index (χ1) is 5.75. The van der Waals surface area contributed by atoms with Crippen LogP contribution in [0.3, 0.4) is 0 Å². The minimum Gasteiger partial charge on any atom is -0.382 e. The van der Waals surface area contributed by atoms with Gasteiger partial charge in [0.25, 0.3) is 0 Å². The predicted molar refractivity (Wildman–Crippen MR) is 52.5 cm³/mol. The Morgan fingerprint density at radius 2 is 2.50 bits per heavy atom. The summed E-state index contributed by atoms with van der Waals surface area (Å²) in [7, 11) is 0. The Balaban J connectivity index is 3.00. The molecule has 0 fully saturated rings. The van der Waals surface area contributed by atoms with Gasteiger partial charge in [-0.3, -0.25) is 10.4 Å². The molecule has 0 unspecified atom stereocenters. The van der Waals surface area contributed by atoms with E-state index in [1.54, 1.807) is 18.0 Å². The molecule has 1 rings (SSSR count). The zero-order valence-electron chi connectivity index (χ0n) is 6.87. The fourth-order valence-corrected chi connectivity index (χ4v) is 1.50. The van der Waals surface area contributed by atoms with Gasteiger partial charge < -0.3 is 5.73 Å². The molecule has 0 atom stereocenters. The van der Waals surface area contributed by atoms with E-state index >= 15 is 0 Å². The lowest BCUT2D eigenvalue weighted by molar-refractivity contribution is 1.19. The highest BCUT2D eigenvalue weighted by molar-refractivity contribution is 7.97. The van der Waals surface area contributed by atoms with E-state index in [9.17, 15) is 0 Å². The van der Waals surface area contributed by atoms with Gasteiger partial charge in [-0.1, -0.05) is 6.07 Å². The number of amidine groups is 1. The molecule has 1 heterocycles. The molecule has 0 spiro atoms. The van der Waals surface area contributed by atoms with Crippen LogP contribution in [-0.2, 0) is 5.75 Å². The summed E-state index contributed by atoms with van der Waals surface area (Å²) in [5.74, 6) is 0.891. The second-order valence-corrected chi connectivity index (χ2v) is 3.22. The topological polar surface area (TPSA) is 62.8 Å². The monoisotopic (exact) mass is 181 g/mol. The second kappa shape index (κ2) is 4.11. The standard InChI is InChI=1S/C8H11N3S/c1-12-5-6-3-2-4-11-7(6)8(9)10/h2-4H,5H2,1H3,(H3,9,10). The summed E-state index contributed by atoms with van der Waals surface area (Å²) in [4.78, 5) is 4.03. The van der Waals surface area contributed by atoms with Crippen molar-refractivity contribution in [3.63, 3.8) is 0 Å². The molecule has 12 heavy (non-hydrogen) atoms. The minimum atomic E-state index is 0.0413. The van der Waals surface area contributed by atoms with Crippen LogP contribution < -0.4 is 5.73 Å². The quantitative estimate of drug-likeness (QED) is 0.544. The van der Waals surface area contributed by atoms with Crippen molar-refractivity contribution in [1.82, 2.24) is 4.98 Å². The number of nitrogens with one attached hydrogen (secondary N) is 1. The van der Waals surface area contributed by atoms with Crippen molar-refractivity contribution in [1.29, 1.82) is 5.41 Å². The molecular weight excluding hydrogens is 170 g/mol. The summed E-state index contributed by atoms with van der Waals surface area (Å²) in [6.07, 6.45) is 3.66. The van der Waals surface area contributed by atoms with Gasteiger partial charge in [0, 0.05) is 11.9 Å². The van der Waals surface area contributed by atoms with Crippen molar-refractivity contribution in [2.45, 2.75) is 5.75 Å². The van der Waals surface area contributed by atoms with E-state index < -0.39 is 0 Å². The molecule has 1 aromatic rings. The number of hydrogen-bond donors (Lipinski definition) is 2. The molecule has 0 saturated carbocycles. The summed E-state index contributed by atoms with van der Waals surface area (Å²) in [6.45, 7) is 0. The van der Waals surface area contributed by atoms with E-state index in [4.69, 9.17) is 11.1 Å². The van der Waals surface area contributed by atoms with Gasteiger partial charge in [0.2, 0.25) is 0 Å². The number of nitrogens with zero attached hydrogens (tertiary/aromatic N) is 1. The Labute approximate surface area is 75.9 Å². The molecule has 0 bridgehead atoms. The van der Waals surface area contributed by atoms with E-state index in [0.29, 0.717) is 5.69 Å². The third kappa shape index (κ3) is 1.98. The molecule has 0 aliphatic heterocycles. The molecule has 0 saturated heterocycles. The Hall–Kier alpha value is -1.03. The zero-order chi connectivity index (χ0) is 8.97. The van der Waals surface area contributed by atoms with Crippen LogP contribution in [0.15, 0.2) is 18.3 Å². The average Bonchev–Trinajstić information content (AvgIpc) is 2.05. The first-order valence-electron chi connectivity index (χ1n) is 3.53. The number of rotatable bonds is 3. The van der Waals surface area contributed by atoms with Gasteiger partial charge in [-0.15, -0.1) is 0 Å². The van der Waals surface area contributed by atoms with Crippen LogP contribution in [0.4, 0.5) is 0 Å². The van der Waals surface area contributed by atoms with Gasteiger partial charge in [-0.05, 0) is 17.9 Å². The first-order valence-corrected chi connectivity index (χ1v) is 4.92. The maximum absolute atomic E-state index is 7.26. The number of nitrogen functional groups attached to an aromatic ring is 1. The highest BCUT2D eigenvalue weighted by atomic mass is 32.2. The number of nitrogens with two attached hydrogens (primary N) is 1. The van der Waals surface area contributed by atoms with Crippen LogP contribution in [0.1, 0.15) is 11.3 Å². The summed E-state index contributed by atoms with van der Waals surface area (Å²) in [5, 5.41) is 7.26. The van der Waals surface area contributed by atoms with Crippen molar-refractivity contribution >= 4 is 17.6 Å². The number of thioether (sulfide) groups is 1. The van der Waals surface area contributed by atoms with E-state index in [1.807, 2.05) is 18.4 Å². The molecular formula is C8H11N3S. The van der Waals surface area contributed by atoms with Crippen molar-refractivity contribution in [3.8, 4) is 0 Å². The van der Waals surface area contributed by atoms with Crippen LogP contribution in [0.25, 0.3) is 0 Å². The van der Waals surface area contributed by atoms with E-state index in [0.717, 1.165) is 11.3 Å². The fourth-order valence-electron chi connectivity index (χ4n) is 0.953. The Morgan fingerprint density at radius 1 is 1.75 bits per heavy atom. The fraction of sp³-hybridized carbons (Fsp3) is 0.250. The van der Waals surface area contributed by atoms with Crippen LogP contribution in [0, 0.1) is 5.41 Å². The number of aromatic nitrogens is 1. The molecule has 0 aliphatic rings. The van der Waals surface area contributed by atoms with Gasteiger partial charge >= 0.3 is 0 Å².